The summed E-state index contributed by atoms with van der Waals surface area (Å²) >= 11 is 1.27. The Labute approximate surface area is 155 Å². The molecule has 0 spiro atoms. The summed E-state index contributed by atoms with van der Waals surface area (Å²) in [5.41, 5.74) is 0.986. The number of ether oxygens (including phenoxy) is 1. The van der Waals surface area contributed by atoms with Crippen LogP contribution in [0.1, 0.15) is 12.5 Å². The van der Waals surface area contributed by atoms with Crippen molar-refractivity contribution in [1.82, 2.24) is 14.5 Å². The minimum absolute atomic E-state index is 0.0317. The quantitative estimate of drug-likeness (QED) is 0.510. The van der Waals surface area contributed by atoms with Crippen molar-refractivity contribution in [3.63, 3.8) is 0 Å². The first kappa shape index (κ1) is 17.7. The van der Waals surface area contributed by atoms with E-state index >= 15 is 0 Å². The van der Waals surface area contributed by atoms with E-state index in [4.69, 9.17) is 4.74 Å². The zero-order valence-corrected chi connectivity index (χ0v) is 15.2. The molecule has 0 saturated carbocycles. The number of rotatable bonds is 5. The summed E-state index contributed by atoms with van der Waals surface area (Å²) < 4.78 is 6.90. The van der Waals surface area contributed by atoms with Crippen LogP contribution in [0.3, 0.4) is 0 Å². The van der Waals surface area contributed by atoms with Crippen molar-refractivity contribution in [3.8, 4) is 28.9 Å². The van der Waals surface area contributed by atoms with Gasteiger partial charge < -0.3 is 4.74 Å². The average Bonchev–Trinajstić information content (AvgIpc) is 2.69. The number of aromatic nitrogens is 3. The predicted octanol–water partition coefficient (Wildman–Crippen LogP) is 3.29. The standard InChI is InChI=1S/C19H16N4O2S/c1-3-25-15-6-4-14(5-7-15)23-17(13-8-10-21-11-9-13)22-18(26-2)16(12-20)19(23)24/h4-11H,3H2,1-2H3. The fourth-order valence-corrected chi connectivity index (χ4v) is 3.05. The molecule has 0 radical (unpaired) electrons. The SMILES string of the molecule is CCOc1ccc(-n2c(-c3ccncc3)nc(SC)c(C#N)c2=O)cc1. The maximum atomic E-state index is 13.0. The normalized spacial score (nSPS) is 10.3. The van der Waals surface area contributed by atoms with Gasteiger partial charge in [-0.05, 0) is 49.6 Å². The number of nitriles is 1. The molecule has 0 aliphatic heterocycles. The molecule has 3 rings (SSSR count). The molecular weight excluding hydrogens is 348 g/mol. The number of nitrogens with zero attached hydrogens (tertiary/aromatic N) is 4. The largest absolute Gasteiger partial charge is 0.494 e. The van der Waals surface area contributed by atoms with Crippen molar-refractivity contribution < 1.29 is 4.74 Å². The van der Waals surface area contributed by atoms with E-state index in [9.17, 15) is 10.1 Å². The van der Waals surface area contributed by atoms with Crippen LogP contribution in [0.4, 0.5) is 0 Å². The van der Waals surface area contributed by atoms with Gasteiger partial charge in [0.2, 0.25) is 0 Å². The number of hydrogen-bond donors (Lipinski definition) is 0. The molecule has 0 unspecified atom stereocenters. The molecule has 26 heavy (non-hydrogen) atoms. The maximum absolute atomic E-state index is 13.0. The Bertz CT molecular complexity index is 1010. The van der Waals surface area contributed by atoms with Gasteiger partial charge in [0.1, 0.15) is 28.2 Å². The Morgan fingerprint density at radius 3 is 2.46 bits per heavy atom. The van der Waals surface area contributed by atoms with Crippen molar-refractivity contribution in [2.75, 3.05) is 12.9 Å². The molecule has 6 nitrogen and oxygen atoms in total. The van der Waals surface area contributed by atoms with Crippen LogP contribution in [0.2, 0.25) is 0 Å². The van der Waals surface area contributed by atoms with Crippen molar-refractivity contribution in [2.45, 2.75) is 11.9 Å². The summed E-state index contributed by atoms with van der Waals surface area (Å²) in [6.45, 7) is 2.47. The summed E-state index contributed by atoms with van der Waals surface area (Å²) in [7, 11) is 0. The lowest BCUT2D eigenvalue weighted by Gasteiger charge is -2.15. The van der Waals surface area contributed by atoms with Gasteiger partial charge in [0.05, 0.1) is 12.3 Å². The average molecular weight is 364 g/mol. The van der Waals surface area contributed by atoms with E-state index < -0.39 is 5.56 Å². The van der Waals surface area contributed by atoms with Crippen molar-refractivity contribution >= 4 is 11.8 Å². The van der Waals surface area contributed by atoms with Gasteiger partial charge in [0, 0.05) is 18.0 Å². The number of hydrogen-bond acceptors (Lipinski definition) is 6. The van der Waals surface area contributed by atoms with Gasteiger partial charge in [-0.2, -0.15) is 5.26 Å². The van der Waals surface area contributed by atoms with E-state index in [0.29, 0.717) is 28.9 Å². The summed E-state index contributed by atoms with van der Waals surface area (Å²) in [6, 6.07) is 12.7. The predicted molar refractivity (Wildman–Crippen MR) is 101 cm³/mol. The third-order valence-electron chi connectivity index (χ3n) is 3.70. The fraction of sp³-hybridized carbons (Fsp3) is 0.158. The zero-order valence-electron chi connectivity index (χ0n) is 14.3. The van der Waals surface area contributed by atoms with Crippen LogP contribution in [0.15, 0.2) is 58.6 Å². The monoisotopic (exact) mass is 364 g/mol. The summed E-state index contributed by atoms with van der Waals surface area (Å²) in [6.07, 6.45) is 5.07. The highest BCUT2D eigenvalue weighted by atomic mass is 32.2. The molecule has 0 N–H and O–H groups in total. The van der Waals surface area contributed by atoms with Crippen LogP contribution >= 0.6 is 11.8 Å². The first-order valence-electron chi connectivity index (χ1n) is 7.94. The van der Waals surface area contributed by atoms with Crippen molar-refractivity contribution in [2.24, 2.45) is 0 Å². The van der Waals surface area contributed by atoms with E-state index in [1.165, 1.54) is 16.3 Å². The molecule has 2 heterocycles. The third kappa shape index (κ3) is 3.32. The summed E-state index contributed by atoms with van der Waals surface area (Å²) in [5.74, 6) is 1.17. The molecule has 130 valence electrons. The molecular formula is C19H16N4O2S. The molecule has 7 heteroatoms. The van der Waals surface area contributed by atoms with Crippen LogP contribution in [0.5, 0.6) is 5.75 Å². The second-order valence-electron chi connectivity index (χ2n) is 5.23. The molecule has 0 aliphatic rings. The lowest BCUT2D eigenvalue weighted by Crippen LogP contribution is -2.25. The molecule has 0 bridgehead atoms. The first-order chi connectivity index (χ1) is 12.7. The third-order valence-corrected chi connectivity index (χ3v) is 4.38. The lowest BCUT2D eigenvalue weighted by atomic mass is 10.2. The molecule has 0 fully saturated rings. The van der Waals surface area contributed by atoms with E-state index in [2.05, 4.69) is 9.97 Å². The Kier molecular flexibility index (Phi) is 5.34. The van der Waals surface area contributed by atoms with Gasteiger partial charge in [-0.1, -0.05) is 0 Å². The van der Waals surface area contributed by atoms with Crippen LogP contribution in [-0.4, -0.2) is 27.4 Å². The zero-order chi connectivity index (χ0) is 18.5. The second-order valence-corrected chi connectivity index (χ2v) is 6.03. The van der Waals surface area contributed by atoms with E-state index in [-0.39, 0.29) is 5.56 Å². The van der Waals surface area contributed by atoms with E-state index in [1.54, 1.807) is 55.0 Å². The van der Waals surface area contributed by atoms with E-state index in [1.807, 2.05) is 13.0 Å². The molecule has 0 saturated heterocycles. The highest BCUT2D eigenvalue weighted by molar-refractivity contribution is 7.98. The number of pyridine rings is 1. The molecule has 0 aliphatic carbocycles. The highest BCUT2D eigenvalue weighted by Crippen LogP contribution is 2.24. The maximum Gasteiger partial charge on any atom is 0.277 e. The number of benzene rings is 1. The van der Waals surface area contributed by atoms with Gasteiger partial charge in [-0.15, -0.1) is 11.8 Å². The lowest BCUT2D eigenvalue weighted by molar-refractivity contribution is 0.340. The van der Waals surface area contributed by atoms with Crippen LogP contribution < -0.4 is 10.3 Å². The second kappa shape index (κ2) is 7.85. The van der Waals surface area contributed by atoms with E-state index in [0.717, 1.165) is 5.56 Å². The smallest absolute Gasteiger partial charge is 0.277 e. The van der Waals surface area contributed by atoms with Gasteiger partial charge >= 0.3 is 0 Å². The van der Waals surface area contributed by atoms with Crippen LogP contribution in [0, 0.1) is 11.3 Å². The number of thioether (sulfide) groups is 1. The van der Waals surface area contributed by atoms with Crippen molar-refractivity contribution in [1.29, 1.82) is 5.26 Å². The Hall–Kier alpha value is -3.11. The van der Waals surface area contributed by atoms with Gasteiger partial charge in [0.25, 0.3) is 5.56 Å². The van der Waals surface area contributed by atoms with Gasteiger partial charge in [0.15, 0.2) is 0 Å². The minimum atomic E-state index is -0.400. The fourth-order valence-electron chi connectivity index (χ4n) is 2.54. The molecule has 1 aromatic carbocycles. The summed E-state index contributed by atoms with van der Waals surface area (Å²) in [4.78, 5) is 21.6. The molecule has 0 amide bonds. The van der Waals surface area contributed by atoms with Gasteiger partial charge in [-0.3, -0.25) is 14.3 Å². The van der Waals surface area contributed by atoms with Crippen LogP contribution in [0.25, 0.3) is 17.1 Å². The topological polar surface area (TPSA) is 80.8 Å². The molecule has 0 atom stereocenters. The Balaban J connectivity index is 2.28. The van der Waals surface area contributed by atoms with Crippen LogP contribution in [-0.2, 0) is 0 Å². The minimum Gasteiger partial charge on any atom is -0.494 e. The Morgan fingerprint density at radius 2 is 1.88 bits per heavy atom. The summed E-state index contributed by atoms with van der Waals surface area (Å²) in [5, 5.41) is 9.84. The van der Waals surface area contributed by atoms with Gasteiger partial charge in [-0.25, -0.2) is 4.98 Å². The molecule has 2 aromatic heterocycles. The van der Waals surface area contributed by atoms with Crippen molar-refractivity contribution in [3.05, 3.63) is 64.7 Å². The highest BCUT2D eigenvalue weighted by Gasteiger charge is 2.18. The Morgan fingerprint density at radius 1 is 1.19 bits per heavy atom. The molecule has 3 aromatic rings. The first-order valence-corrected chi connectivity index (χ1v) is 9.16.